The predicted octanol–water partition coefficient (Wildman–Crippen LogP) is 0.447. The number of carbonyl (C=O) groups excluding carboxylic acids is 1. The summed E-state index contributed by atoms with van der Waals surface area (Å²) in [4.78, 5) is 10.2. The van der Waals surface area contributed by atoms with Crippen LogP contribution in [0.15, 0.2) is 6.07 Å². The summed E-state index contributed by atoms with van der Waals surface area (Å²) in [7, 11) is 0. The Kier molecular flexibility index (Phi) is 2.27. The lowest BCUT2D eigenvalue weighted by molar-refractivity contribution is 0.251. The number of nitrogens with zero attached hydrogens (tertiary/aromatic N) is 1. The van der Waals surface area contributed by atoms with E-state index in [1.165, 1.54) is 11.5 Å². The van der Waals surface area contributed by atoms with E-state index in [4.69, 9.17) is 5.73 Å². The van der Waals surface area contributed by atoms with Gasteiger partial charge < -0.3 is 5.73 Å². The van der Waals surface area contributed by atoms with Crippen molar-refractivity contribution in [1.29, 1.82) is 0 Å². The number of primary amides is 1. The van der Waals surface area contributed by atoms with Gasteiger partial charge in [-0.3, -0.25) is 10.9 Å². The quantitative estimate of drug-likeness (QED) is 0.566. The van der Waals surface area contributed by atoms with Crippen molar-refractivity contribution < 1.29 is 4.79 Å². The summed E-state index contributed by atoms with van der Waals surface area (Å²) in [5, 5.41) is 0.765. The number of urea groups is 1. The Bertz CT molecular complexity index is 259. The molecule has 0 aliphatic heterocycles. The van der Waals surface area contributed by atoms with Crippen molar-refractivity contribution in [1.82, 2.24) is 9.80 Å². The number of amides is 2. The molecular formula is C5H8N4OS. The van der Waals surface area contributed by atoms with Crippen LogP contribution in [0.4, 0.5) is 9.80 Å². The number of nitrogens with one attached hydrogen (secondary N) is 2. The molecule has 1 aromatic rings. The van der Waals surface area contributed by atoms with Crippen LogP contribution in [0.1, 0.15) is 5.69 Å². The van der Waals surface area contributed by atoms with Gasteiger partial charge >= 0.3 is 6.03 Å². The van der Waals surface area contributed by atoms with Gasteiger partial charge in [0, 0.05) is 0 Å². The van der Waals surface area contributed by atoms with Gasteiger partial charge in [-0.2, -0.15) is 4.37 Å². The highest BCUT2D eigenvalue weighted by Gasteiger charge is 1.96. The molecule has 0 saturated heterocycles. The lowest BCUT2D eigenvalue weighted by Crippen LogP contribution is -2.33. The summed E-state index contributed by atoms with van der Waals surface area (Å²) >= 11 is 1.26. The molecule has 0 atom stereocenters. The molecule has 1 heterocycles. The molecule has 1 rings (SSSR count). The summed E-state index contributed by atoms with van der Waals surface area (Å²) in [5.74, 6) is 0. The Balaban J connectivity index is 2.45. The number of hydrogen-bond donors (Lipinski definition) is 3. The fourth-order valence-corrected chi connectivity index (χ4v) is 1.16. The maximum atomic E-state index is 10.2. The van der Waals surface area contributed by atoms with Gasteiger partial charge in [0.15, 0.2) is 0 Å². The van der Waals surface area contributed by atoms with Crippen LogP contribution >= 0.6 is 11.5 Å². The van der Waals surface area contributed by atoms with Crippen LogP contribution in [0.2, 0.25) is 0 Å². The van der Waals surface area contributed by atoms with Gasteiger partial charge in [0.1, 0.15) is 5.00 Å². The van der Waals surface area contributed by atoms with Crippen molar-refractivity contribution in [2.24, 2.45) is 5.73 Å². The van der Waals surface area contributed by atoms with E-state index in [1.54, 1.807) is 6.07 Å². The maximum absolute atomic E-state index is 10.2. The van der Waals surface area contributed by atoms with Crippen molar-refractivity contribution in [2.45, 2.75) is 6.92 Å². The summed E-state index contributed by atoms with van der Waals surface area (Å²) < 4.78 is 3.98. The molecule has 0 unspecified atom stereocenters. The third-order valence-electron chi connectivity index (χ3n) is 0.937. The van der Waals surface area contributed by atoms with Gasteiger partial charge in [0.05, 0.1) is 5.69 Å². The smallest absolute Gasteiger partial charge is 0.330 e. The van der Waals surface area contributed by atoms with Crippen molar-refractivity contribution in [2.75, 3.05) is 5.43 Å². The van der Waals surface area contributed by atoms with Gasteiger partial charge in [-0.05, 0) is 24.5 Å². The second kappa shape index (κ2) is 3.20. The van der Waals surface area contributed by atoms with Crippen LogP contribution < -0.4 is 16.6 Å². The van der Waals surface area contributed by atoms with Crippen molar-refractivity contribution in [3.8, 4) is 0 Å². The van der Waals surface area contributed by atoms with Crippen LogP contribution in [0.25, 0.3) is 0 Å². The molecule has 0 radical (unpaired) electrons. The highest BCUT2D eigenvalue weighted by Crippen LogP contribution is 2.13. The molecule has 0 aromatic carbocycles. The van der Waals surface area contributed by atoms with Gasteiger partial charge in [-0.15, -0.1) is 0 Å². The van der Waals surface area contributed by atoms with E-state index in [0.717, 1.165) is 10.7 Å². The lowest BCUT2D eigenvalue weighted by Gasteiger charge is -1.99. The minimum absolute atomic E-state index is 0.615. The first-order valence-electron chi connectivity index (χ1n) is 2.93. The van der Waals surface area contributed by atoms with E-state index in [0.29, 0.717) is 0 Å². The van der Waals surface area contributed by atoms with E-state index in [2.05, 4.69) is 15.2 Å². The van der Waals surface area contributed by atoms with Crippen LogP contribution in [0, 0.1) is 6.92 Å². The maximum Gasteiger partial charge on any atom is 0.330 e. The minimum atomic E-state index is -0.615. The second-order valence-electron chi connectivity index (χ2n) is 1.95. The summed E-state index contributed by atoms with van der Waals surface area (Å²) in [6.45, 7) is 1.87. The first-order valence-corrected chi connectivity index (χ1v) is 3.70. The predicted molar refractivity (Wildman–Crippen MR) is 43.2 cm³/mol. The Morgan fingerprint density at radius 1 is 1.82 bits per heavy atom. The number of carbonyl (C=O) groups is 1. The topological polar surface area (TPSA) is 80.0 Å². The number of aromatic nitrogens is 1. The van der Waals surface area contributed by atoms with Gasteiger partial charge in [0.25, 0.3) is 0 Å². The average Bonchev–Trinajstić information content (AvgIpc) is 2.31. The standard InChI is InChI=1S/C5H8N4OS/c1-3-2-4(11-9-3)7-8-5(6)10/h2,7H,1H3,(H3,6,8,10). The van der Waals surface area contributed by atoms with E-state index in [9.17, 15) is 4.79 Å². The molecule has 0 aliphatic carbocycles. The van der Waals surface area contributed by atoms with Gasteiger partial charge in [-0.25, -0.2) is 4.79 Å². The molecule has 0 bridgehead atoms. The third-order valence-corrected chi connectivity index (χ3v) is 1.73. The van der Waals surface area contributed by atoms with E-state index in [1.807, 2.05) is 6.92 Å². The second-order valence-corrected chi connectivity index (χ2v) is 2.75. The summed E-state index contributed by atoms with van der Waals surface area (Å²) in [6, 6.07) is 1.19. The fourth-order valence-electron chi connectivity index (χ4n) is 0.546. The number of hydrogen-bond acceptors (Lipinski definition) is 4. The zero-order chi connectivity index (χ0) is 8.27. The molecule has 5 nitrogen and oxygen atoms in total. The number of hydrazine groups is 1. The van der Waals surface area contributed by atoms with Gasteiger partial charge in [0.2, 0.25) is 0 Å². The highest BCUT2D eigenvalue weighted by atomic mass is 32.1. The van der Waals surface area contributed by atoms with Crippen molar-refractivity contribution in [3.05, 3.63) is 11.8 Å². The number of nitrogens with two attached hydrogens (primary N) is 1. The Morgan fingerprint density at radius 2 is 2.55 bits per heavy atom. The van der Waals surface area contributed by atoms with Crippen LogP contribution in [-0.2, 0) is 0 Å². The Labute approximate surface area is 67.7 Å². The average molecular weight is 172 g/mol. The number of anilines is 1. The highest BCUT2D eigenvalue weighted by molar-refractivity contribution is 7.10. The normalized spacial score (nSPS) is 9.18. The van der Waals surface area contributed by atoms with Crippen molar-refractivity contribution >= 4 is 22.6 Å². The van der Waals surface area contributed by atoms with E-state index >= 15 is 0 Å². The molecule has 60 valence electrons. The molecule has 0 spiro atoms. The number of aryl methyl sites for hydroxylation is 1. The SMILES string of the molecule is Cc1cc(NNC(N)=O)sn1. The molecule has 4 N–H and O–H groups in total. The first kappa shape index (κ1) is 7.80. The number of rotatable bonds is 2. The van der Waals surface area contributed by atoms with E-state index < -0.39 is 6.03 Å². The monoisotopic (exact) mass is 172 g/mol. The summed E-state index contributed by atoms with van der Waals surface area (Å²) in [5.41, 5.74) is 10.6. The molecule has 0 aliphatic rings. The molecule has 0 saturated carbocycles. The fraction of sp³-hybridized carbons (Fsp3) is 0.200. The zero-order valence-corrected chi connectivity index (χ0v) is 6.73. The van der Waals surface area contributed by atoms with Gasteiger partial charge in [-0.1, -0.05) is 0 Å². The largest absolute Gasteiger partial charge is 0.350 e. The van der Waals surface area contributed by atoms with E-state index in [-0.39, 0.29) is 0 Å². The first-order chi connectivity index (χ1) is 5.18. The summed E-state index contributed by atoms with van der Waals surface area (Å²) in [6.07, 6.45) is 0. The lowest BCUT2D eigenvalue weighted by atomic mass is 10.5. The molecule has 2 amide bonds. The molecular weight excluding hydrogens is 164 g/mol. The van der Waals surface area contributed by atoms with Crippen LogP contribution in [-0.4, -0.2) is 10.4 Å². The Morgan fingerprint density at radius 3 is 3.00 bits per heavy atom. The molecule has 1 aromatic heterocycles. The third kappa shape index (κ3) is 2.42. The van der Waals surface area contributed by atoms with Crippen LogP contribution in [0.5, 0.6) is 0 Å². The minimum Gasteiger partial charge on any atom is -0.350 e. The Hall–Kier alpha value is -1.30. The molecule has 11 heavy (non-hydrogen) atoms. The molecule has 6 heteroatoms. The zero-order valence-electron chi connectivity index (χ0n) is 5.92. The van der Waals surface area contributed by atoms with Crippen molar-refractivity contribution in [3.63, 3.8) is 0 Å². The molecule has 0 fully saturated rings. The van der Waals surface area contributed by atoms with Crippen LogP contribution in [0.3, 0.4) is 0 Å².